The van der Waals surface area contributed by atoms with E-state index in [1.807, 2.05) is 74.5 Å². The van der Waals surface area contributed by atoms with Gasteiger partial charge in [-0.25, -0.2) is 4.79 Å². The summed E-state index contributed by atoms with van der Waals surface area (Å²) in [5.74, 6) is -1.43. The van der Waals surface area contributed by atoms with Crippen LogP contribution >= 0.6 is 0 Å². The van der Waals surface area contributed by atoms with Gasteiger partial charge in [0.25, 0.3) is 0 Å². The van der Waals surface area contributed by atoms with Gasteiger partial charge >= 0.3 is 6.09 Å². The number of carbonyl (C=O) groups is 4. The first-order valence-electron chi connectivity index (χ1n) is 13.8. The van der Waals surface area contributed by atoms with Crippen molar-refractivity contribution in [3.63, 3.8) is 0 Å². The molecule has 4 amide bonds. The number of alkyl carbamates (subject to hydrolysis) is 1. The maximum absolute atomic E-state index is 13.5. The third-order valence-electron chi connectivity index (χ3n) is 6.07. The molecule has 11 heteroatoms. The van der Waals surface area contributed by atoms with Crippen LogP contribution in [0.4, 0.5) is 4.79 Å². The molecule has 0 spiro atoms. The number of allylic oxidation sites excluding steroid dienone is 1. The molecule has 2 aromatic rings. The van der Waals surface area contributed by atoms with Crippen molar-refractivity contribution < 1.29 is 28.8 Å². The van der Waals surface area contributed by atoms with Gasteiger partial charge in [-0.05, 0) is 36.0 Å². The molecular weight excluding hydrogens is 538 g/mol. The molecule has 0 aliphatic carbocycles. The lowest BCUT2D eigenvalue weighted by Gasteiger charge is -2.25. The van der Waals surface area contributed by atoms with E-state index >= 15 is 0 Å². The van der Waals surface area contributed by atoms with E-state index in [0.717, 1.165) is 11.1 Å². The van der Waals surface area contributed by atoms with Crippen molar-refractivity contribution in [1.29, 1.82) is 0 Å². The highest BCUT2D eigenvalue weighted by atomic mass is 16.6. The number of hydrogen-bond donors (Lipinski definition) is 4. The fourth-order valence-corrected chi connectivity index (χ4v) is 4.02. The summed E-state index contributed by atoms with van der Waals surface area (Å²) in [6.45, 7) is 3.90. The molecule has 42 heavy (non-hydrogen) atoms. The average molecular weight is 580 g/mol. The van der Waals surface area contributed by atoms with Crippen molar-refractivity contribution in [3.8, 4) is 0 Å². The molecular formula is C31H41N5O6. The Morgan fingerprint density at radius 1 is 0.881 bits per heavy atom. The smallest absolute Gasteiger partial charge is 0.408 e. The Balaban J connectivity index is 2.19. The van der Waals surface area contributed by atoms with Crippen LogP contribution in [-0.2, 0) is 37.0 Å². The molecule has 0 bridgehead atoms. The maximum Gasteiger partial charge on any atom is 0.408 e. The number of nitrogens with two attached hydrogens (primary N) is 1. The molecule has 0 saturated carbocycles. The Labute approximate surface area is 246 Å². The van der Waals surface area contributed by atoms with E-state index in [1.165, 1.54) is 13.3 Å². The number of benzene rings is 2. The van der Waals surface area contributed by atoms with E-state index in [0.29, 0.717) is 6.42 Å². The van der Waals surface area contributed by atoms with Crippen molar-refractivity contribution in [2.45, 2.75) is 64.3 Å². The Bertz CT molecular complexity index is 1190. The summed E-state index contributed by atoms with van der Waals surface area (Å²) in [7, 11) is 1.40. The van der Waals surface area contributed by atoms with Crippen molar-refractivity contribution >= 4 is 30.0 Å². The molecule has 0 fully saturated rings. The molecule has 0 saturated heterocycles. The average Bonchev–Trinajstić information content (AvgIpc) is 2.96. The Hall–Kier alpha value is -4.67. The zero-order valence-electron chi connectivity index (χ0n) is 24.3. The quantitative estimate of drug-likeness (QED) is 0.166. The van der Waals surface area contributed by atoms with Crippen LogP contribution in [0.2, 0.25) is 0 Å². The molecule has 0 unspecified atom stereocenters. The van der Waals surface area contributed by atoms with Crippen molar-refractivity contribution in [1.82, 2.24) is 16.0 Å². The Morgan fingerprint density at radius 2 is 1.50 bits per heavy atom. The van der Waals surface area contributed by atoms with Gasteiger partial charge in [0.15, 0.2) is 0 Å². The predicted molar refractivity (Wildman–Crippen MR) is 160 cm³/mol. The number of primary amides is 1. The van der Waals surface area contributed by atoms with Gasteiger partial charge in [-0.15, -0.1) is 0 Å². The van der Waals surface area contributed by atoms with E-state index < -0.39 is 41.9 Å². The van der Waals surface area contributed by atoms with Crippen molar-refractivity contribution in [2.75, 3.05) is 7.11 Å². The molecule has 0 radical (unpaired) electrons. The standard InChI is InChI=1S/C31H41N5O6/c1-22(2)19-26(36-31(40)42-21-24-13-8-5-9-14-24)30(39)35-27(20-23-11-6-4-7-12-23)29(38)34-25(16-17-28(32)37)15-10-18-33-41-3/h4-15,18,22,25-27H,16-17,19-21H2,1-3H3,(H2,32,37)(H,34,38)(H,35,39)(H,36,40)/b15-10+,33-18?/t25-,26+,27+/m1/s1. The van der Waals surface area contributed by atoms with Gasteiger partial charge in [-0.2, -0.15) is 0 Å². The van der Waals surface area contributed by atoms with Crippen LogP contribution in [0.25, 0.3) is 0 Å². The molecule has 0 heterocycles. The number of carbonyl (C=O) groups excluding carboxylic acids is 4. The maximum atomic E-state index is 13.5. The van der Waals surface area contributed by atoms with Gasteiger partial charge in [0.2, 0.25) is 17.7 Å². The van der Waals surface area contributed by atoms with E-state index in [1.54, 1.807) is 12.2 Å². The second-order valence-corrected chi connectivity index (χ2v) is 10.1. The number of rotatable bonds is 17. The minimum Gasteiger partial charge on any atom is -0.445 e. The lowest BCUT2D eigenvalue weighted by Crippen LogP contribution is -2.55. The Morgan fingerprint density at radius 3 is 2.10 bits per heavy atom. The number of nitrogens with one attached hydrogen (secondary N) is 3. The highest BCUT2D eigenvalue weighted by Gasteiger charge is 2.29. The van der Waals surface area contributed by atoms with Gasteiger partial charge < -0.3 is 31.3 Å². The first kappa shape index (κ1) is 33.5. The van der Waals surface area contributed by atoms with Gasteiger partial charge in [0.1, 0.15) is 25.8 Å². The summed E-state index contributed by atoms with van der Waals surface area (Å²) in [4.78, 5) is 55.6. The topological polar surface area (TPSA) is 161 Å². The van der Waals surface area contributed by atoms with Crippen molar-refractivity contribution in [2.24, 2.45) is 16.8 Å². The van der Waals surface area contributed by atoms with Gasteiger partial charge in [-0.1, -0.05) is 85.7 Å². The molecule has 226 valence electrons. The second-order valence-electron chi connectivity index (χ2n) is 10.1. The second kappa shape index (κ2) is 18.6. The summed E-state index contributed by atoms with van der Waals surface area (Å²) < 4.78 is 5.32. The first-order chi connectivity index (χ1) is 20.2. The molecule has 0 aliphatic heterocycles. The third-order valence-corrected chi connectivity index (χ3v) is 6.07. The van der Waals surface area contributed by atoms with Crippen LogP contribution in [0.15, 0.2) is 78.0 Å². The van der Waals surface area contributed by atoms with Crippen molar-refractivity contribution in [3.05, 3.63) is 83.9 Å². The van der Waals surface area contributed by atoms with E-state index in [9.17, 15) is 19.2 Å². The summed E-state index contributed by atoms with van der Waals surface area (Å²) in [6.07, 6.45) is 4.69. The molecule has 2 rings (SSSR count). The lowest BCUT2D eigenvalue weighted by molar-refractivity contribution is -0.130. The van der Waals surface area contributed by atoms with Gasteiger partial charge in [0.05, 0.1) is 6.21 Å². The largest absolute Gasteiger partial charge is 0.445 e. The van der Waals surface area contributed by atoms with Crippen LogP contribution in [0.5, 0.6) is 0 Å². The number of oxime groups is 1. The summed E-state index contributed by atoms with van der Waals surface area (Å²) in [6, 6.07) is 15.9. The number of ether oxygens (including phenoxy) is 1. The highest BCUT2D eigenvalue weighted by molar-refractivity contribution is 5.91. The fraction of sp³-hybridized carbons (Fsp3) is 0.387. The molecule has 0 aliphatic rings. The zero-order chi connectivity index (χ0) is 30.7. The summed E-state index contributed by atoms with van der Waals surface area (Å²) >= 11 is 0. The number of amides is 4. The third kappa shape index (κ3) is 13.6. The minimum absolute atomic E-state index is 0.0396. The SMILES string of the molecule is CON=C/C=C/[C@H](CCC(N)=O)NC(=O)[C@H](Cc1ccccc1)NC(=O)[C@H](CC(C)C)NC(=O)OCc1ccccc1. The molecule has 0 aromatic heterocycles. The van der Waals surface area contributed by atoms with Crippen LogP contribution in [0.3, 0.4) is 0 Å². The Kier molecular flexibility index (Phi) is 14.9. The van der Waals surface area contributed by atoms with E-state index in [4.69, 9.17) is 10.5 Å². The van der Waals surface area contributed by atoms with Gasteiger partial charge in [-0.3, -0.25) is 14.4 Å². The van der Waals surface area contributed by atoms with Crippen LogP contribution in [0, 0.1) is 5.92 Å². The number of nitrogens with zero attached hydrogens (tertiary/aromatic N) is 1. The highest BCUT2D eigenvalue weighted by Crippen LogP contribution is 2.10. The monoisotopic (exact) mass is 579 g/mol. The molecule has 5 N–H and O–H groups in total. The van der Waals surface area contributed by atoms with Crippen LogP contribution in [-0.4, -0.2) is 55.3 Å². The predicted octanol–water partition coefficient (Wildman–Crippen LogP) is 2.99. The zero-order valence-corrected chi connectivity index (χ0v) is 24.3. The van der Waals surface area contributed by atoms with Crippen LogP contribution in [0.1, 0.15) is 44.2 Å². The van der Waals surface area contributed by atoms with E-state index in [2.05, 4.69) is 25.9 Å². The lowest BCUT2D eigenvalue weighted by atomic mass is 10.0. The molecule has 3 atom stereocenters. The summed E-state index contributed by atoms with van der Waals surface area (Å²) in [5, 5.41) is 12.0. The first-order valence-corrected chi connectivity index (χ1v) is 13.8. The number of hydrogen-bond acceptors (Lipinski definition) is 7. The van der Waals surface area contributed by atoms with Gasteiger partial charge in [0, 0.05) is 18.9 Å². The molecule has 11 nitrogen and oxygen atoms in total. The minimum atomic E-state index is -0.978. The summed E-state index contributed by atoms with van der Waals surface area (Å²) in [5.41, 5.74) is 6.95. The van der Waals surface area contributed by atoms with E-state index in [-0.39, 0.29) is 31.8 Å². The fourth-order valence-electron chi connectivity index (χ4n) is 4.02. The molecule has 2 aromatic carbocycles. The normalized spacial score (nSPS) is 13.3. The van der Waals surface area contributed by atoms with Crippen LogP contribution < -0.4 is 21.7 Å².